The first-order valence-corrected chi connectivity index (χ1v) is 14.6. The van der Waals surface area contributed by atoms with E-state index in [2.05, 4.69) is 37.4 Å². The molecule has 0 unspecified atom stereocenters. The van der Waals surface area contributed by atoms with Crippen molar-refractivity contribution in [3.63, 3.8) is 0 Å². The van der Waals surface area contributed by atoms with E-state index >= 15 is 0 Å². The van der Waals surface area contributed by atoms with Crippen LogP contribution in [0.4, 0.5) is 21.8 Å². The summed E-state index contributed by atoms with van der Waals surface area (Å²) < 4.78 is 8.82. The molecule has 0 aliphatic carbocycles. The highest BCUT2D eigenvalue weighted by molar-refractivity contribution is 7.29. The fourth-order valence-corrected chi connectivity index (χ4v) is 7.57. The van der Waals surface area contributed by atoms with Gasteiger partial charge in [-0.15, -0.1) is 22.7 Å². The number of ether oxygens (including phenoxy) is 1. The topological polar surface area (TPSA) is 140 Å². The molecule has 5 aromatic rings. The molecule has 196 valence electrons. The molecule has 0 radical (unpaired) electrons. The fraction of sp³-hybridized carbons (Fsp3) is 0.292. The molecule has 14 heteroatoms. The van der Waals surface area contributed by atoms with Crippen LogP contribution in [0.3, 0.4) is 0 Å². The number of morpholine rings is 1. The molecule has 1 aliphatic rings. The van der Waals surface area contributed by atoms with E-state index in [0.717, 1.165) is 44.5 Å². The van der Waals surface area contributed by atoms with E-state index < -0.39 is 5.91 Å². The number of nitrogens with two attached hydrogens (primary N) is 1. The number of anilines is 4. The van der Waals surface area contributed by atoms with Crippen molar-refractivity contribution in [1.82, 2.24) is 19.4 Å². The van der Waals surface area contributed by atoms with Gasteiger partial charge in [0.15, 0.2) is 16.9 Å². The number of hydrogen-bond donors (Lipinski definition) is 3. The Balaban J connectivity index is 1.36. The van der Waals surface area contributed by atoms with Crippen LogP contribution < -0.4 is 26.7 Å². The molecule has 0 bridgehead atoms. The SMILES string of the molecule is CCCNc1nc(Nc2cnc(-c3csc4c(=O)cc(N5CCOCC5)sc34)s2)c(C(N)=O)c2nccn12. The van der Waals surface area contributed by atoms with Gasteiger partial charge in [0.2, 0.25) is 5.95 Å². The predicted octanol–water partition coefficient (Wildman–Crippen LogP) is 3.99. The molecule has 11 nitrogen and oxygen atoms in total. The summed E-state index contributed by atoms with van der Waals surface area (Å²) in [4.78, 5) is 41.1. The molecule has 1 fully saturated rings. The number of nitrogens with zero attached hydrogens (tertiary/aromatic N) is 5. The maximum atomic E-state index is 12.9. The number of primary amides is 1. The summed E-state index contributed by atoms with van der Waals surface area (Å²) in [6.45, 7) is 5.59. The molecule has 1 saturated heterocycles. The Hall–Kier alpha value is -3.59. The number of thiophene rings is 1. The summed E-state index contributed by atoms with van der Waals surface area (Å²) in [6.07, 6.45) is 5.94. The van der Waals surface area contributed by atoms with Crippen molar-refractivity contribution in [1.29, 1.82) is 0 Å². The first-order chi connectivity index (χ1) is 18.5. The number of imidazole rings is 1. The summed E-state index contributed by atoms with van der Waals surface area (Å²) in [5.41, 5.74) is 7.28. The van der Waals surface area contributed by atoms with E-state index in [1.807, 2.05) is 5.38 Å². The van der Waals surface area contributed by atoms with Gasteiger partial charge in [0.25, 0.3) is 5.91 Å². The Labute approximate surface area is 228 Å². The highest BCUT2D eigenvalue weighted by Crippen LogP contribution is 2.41. The van der Waals surface area contributed by atoms with E-state index in [9.17, 15) is 9.59 Å². The second-order valence-corrected chi connectivity index (χ2v) is 11.5. The number of aromatic nitrogens is 4. The molecule has 1 aliphatic heterocycles. The monoisotopic (exact) mass is 568 g/mol. The van der Waals surface area contributed by atoms with Crippen LogP contribution in [0, 0.1) is 0 Å². The van der Waals surface area contributed by atoms with Gasteiger partial charge < -0.3 is 26.0 Å². The maximum Gasteiger partial charge on any atom is 0.256 e. The van der Waals surface area contributed by atoms with E-state index in [1.165, 1.54) is 22.7 Å². The Morgan fingerprint density at radius 1 is 1.21 bits per heavy atom. The molecular weight excluding hydrogens is 545 g/mol. The lowest BCUT2D eigenvalue weighted by molar-refractivity contribution is 0.100. The quantitative estimate of drug-likeness (QED) is 0.253. The van der Waals surface area contributed by atoms with Gasteiger partial charge >= 0.3 is 0 Å². The second-order valence-electron chi connectivity index (χ2n) is 8.58. The first-order valence-electron chi connectivity index (χ1n) is 12.1. The van der Waals surface area contributed by atoms with Crippen molar-refractivity contribution in [3.05, 3.63) is 45.8 Å². The normalized spacial score (nSPS) is 13.9. The number of nitrogens with one attached hydrogen (secondary N) is 2. The summed E-state index contributed by atoms with van der Waals surface area (Å²) >= 11 is 4.45. The summed E-state index contributed by atoms with van der Waals surface area (Å²) in [5.74, 6) is 0.229. The second kappa shape index (κ2) is 10.3. The van der Waals surface area contributed by atoms with Gasteiger partial charge in [0.1, 0.15) is 15.6 Å². The minimum atomic E-state index is -0.632. The lowest BCUT2D eigenvalue weighted by Gasteiger charge is -2.28. The van der Waals surface area contributed by atoms with E-state index in [4.69, 9.17) is 10.5 Å². The van der Waals surface area contributed by atoms with Gasteiger partial charge in [0.05, 0.1) is 33.8 Å². The Kier molecular flexibility index (Phi) is 6.69. The van der Waals surface area contributed by atoms with Gasteiger partial charge in [-0.05, 0) is 6.42 Å². The number of thiazole rings is 1. The third-order valence-electron chi connectivity index (χ3n) is 6.06. The van der Waals surface area contributed by atoms with E-state index in [0.29, 0.717) is 42.2 Å². The Morgan fingerprint density at radius 2 is 2.05 bits per heavy atom. The van der Waals surface area contributed by atoms with Crippen LogP contribution in [0.1, 0.15) is 23.7 Å². The number of carbonyl (C=O) groups is 1. The van der Waals surface area contributed by atoms with Crippen molar-refractivity contribution in [3.8, 4) is 10.6 Å². The summed E-state index contributed by atoms with van der Waals surface area (Å²) in [5, 5.41) is 10.9. The third kappa shape index (κ3) is 4.49. The zero-order valence-corrected chi connectivity index (χ0v) is 22.8. The van der Waals surface area contributed by atoms with Crippen LogP contribution in [-0.2, 0) is 4.74 Å². The van der Waals surface area contributed by atoms with Crippen molar-refractivity contribution < 1.29 is 9.53 Å². The van der Waals surface area contributed by atoms with Gasteiger partial charge in [0, 0.05) is 49.0 Å². The predicted molar refractivity (Wildman–Crippen MR) is 154 cm³/mol. The zero-order valence-electron chi connectivity index (χ0n) is 20.4. The van der Waals surface area contributed by atoms with Crippen molar-refractivity contribution >= 4 is 76.7 Å². The van der Waals surface area contributed by atoms with E-state index in [-0.39, 0.29) is 11.0 Å². The van der Waals surface area contributed by atoms with Gasteiger partial charge in [-0.1, -0.05) is 18.3 Å². The minimum Gasteiger partial charge on any atom is -0.378 e. The zero-order chi connectivity index (χ0) is 26.2. The number of hydrogen-bond acceptors (Lipinski definition) is 12. The van der Waals surface area contributed by atoms with Crippen molar-refractivity contribution in [2.24, 2.45) is 5.73 Å². The van der Waals surface area contributed by atoms with E-state index in [1.54, 1.807) is 40.4 Å². The molecule has 5 aromatic heterocycles. The largest absolute Gasteiger partial charge is 0.378 e. The lowest BCUT2D eigenvalue weighted by atomic mass is 10.2. The molecule has 6 heterocycles. The molecule has 4 N–H and O–H groups in total. The van der Waals surface area contributed by atoms with Crippen LogP contribution in [-0.4, -0.2) is 58.1 Å². The highest BCUT2D eigenvalue weighted by Gasteiger charge is 2.22. The molecule has 6 rings (SSSR count). The Bertz CT molecular complexity index is 1700. The van der Waals surface area contributed by atoms with Crippen LogP contribution in [0.25, 0.3) is 25.6 Å². The molecule has 0 spiro atoms. The number of rotatable bonds is 8. The van der Waals surface area contributed by atoms with Crippen LogP contribution >= 0.6 is 34.0 Å². The number of fused-ring (bicyclic) bond motifs is 2. The summed E-state index contributed by atoms with van der Waals surface area (Å²) in [6, 6.07) is 1.72. The average Bonchev–Trinajstić information content (AvgIpc) is 3.67. The van der Waals surface area contributed by atoms with Gasteiger partial charge in [-0.25, -0.2) is 9.97 Å². The molecule has 0 aromatic carbocycles. The smallest absolute Gasteiger partial charge is 0.256 e. The van der Waals surface area contributed by atoms with Crippen LogP contribution in [0.15, 0.2) is 34.8 Å². The summed E-state index contributed by atoms with van der Waals surface area (Å²) in [7, 11) is 0. The lowest BCUT2D eigenvalue weighted by Crippen LogP contribution is -2.36. The number of amides is 1. The number of carbonyl (C=O) groups excluding carboxylic acids is 1. The maximum absolute atomic E-state index is 12.9. The molecule has 38 heavy (non-hydrogen) atoms. The third-order valence-corrected chi connectivity index (χ3v) is 9.34. The molecule has 0 atom stereocenters. The highest BCUT2D eigenvalue weighted by atomic mass is 32.1. The minimum absolute atomic E-state index is 0.0156. The first kappa shape index (κ1) is 24.7. The molecular formula is C24H24N8O3S3. The standard InChI is InChI=1S/C24H24N8O3S3/c1-2-3-27-24-30-21(17(20(25)34)22-26-4-5-32(22)24)29-15-11-28-23(37-15)13-12-36-19-14(33)10-16(38-18(13)19)31-6-8-35-9-7-31/h4-5,10-12,29H,2-3,6-9H2,1H3,(H2,25,34)(H,27,30). The van der Waals surface area contributed by atoms with Gasteiger partial charge in [-0.3, -0.25) is 14.0 Å². The average molecular weight is 569 g/mol. The van der Waals surface area contributed by atoms with Crippen molar-refractivity contribution in [2.75, 3.05) is 48.4 Å². The van der Waals surface area contributed by atoms with Crippen LogP contribution in [0.5, 0.6) is 0 Å². The Morgan fingerprint density at radius 3 is 2.84 bits per heavy atom. The van der Waals surface area contributed by atoms with Crippen molar-refractivity contribution in [2.45, 2.75) is 13.3 Å². The van der Waals surface area contributed by atoms with Crippen LogP contribution in [0.2, 0.25) is 0 Å². The molecule has 0 saturated carbocycles. The molecule has 1 amide bonds. The van der Waals surface area contributed by atoms with Gasteiger partial charge in [-0.2, -0.15) is 4.98 Å². The fourth-order valence-electron chi connectivity index (χ4n) is 4.25.